The van der Waals surface area contributed by atoms with Crippen LogP contribution in [0.2, 0.25) is 0 Å². The van der Waals surface area contributed by atoms with E-state index in [0.717, 1.165) is 28.6 Å². The van der Waals surface area contributed by atoms with Gasteiger partial charge in [0.2, 0.25) is 0 Å². The predicted octanol–water partition coefficient (Wildman–Crippen LogP) is 4.73. The molecule has 1 aliphatic heterocycles. The molecule has 1 aromatic carbocycles. The molecule has 0 aromatic heterocycles. The Kier molecular flexibility index (Phi) is 6.25. The van der Waals surface area contributed by atoms with Crippen LogP contribution in [0.15, 0.2) is 22.7 Å². The van der Waals surface area contributed by atoms with Crippen LogP contribution in [0.3, 0.4) is 0 Å². The van der Waals surface area contributed by atoms with E-state index in [9.17, 15) is 9.90 Å². The van der Waals surface area contributed by atoms with Crippen LogP contribution in [0.5, 0.6) is 0 Å². The average molecular weight is 426 g/mol. The zero-order valence-electron chi connectivity index (χ0n) is 15.5. The summed E-state index contributed by atoms with van der Waals surface area (Å²) in [5.74, 6) is -0.828. The number of anilines is 1. The predicted molar refractivity (Wildman–Crippen MR) is 104 cm³/mol. The number of carboxylic acid groups (broad SMARTS) is 1. The minimum Gasteiger partial charge on any atom is -0.480 e. The zero-order valence-corrected chi connectivity index (χ0v) is 17.0. The molecule has 2 aliphatic rings. The van der Waals surface area contributed by atoms with Gasteiger partial charge in [-0.3, -0.25) is 0 Å². The minimum absolute atomic E-state index is 0.0945. The van der Waals surface area contributed by atoms with Crippen molar-refractivity contribution in [2.24, 2.45) is 0 Å². The normalized spacial score (nSPS) is 29.7. The quantitative estimate of drug-likeness (QED) is 0.689. The van der Waals surface area contributed by atoms with Crippen molar-refractivity contribution in [2.45, 2.75) is 82.8 Å². The first-order valence-corrected chi connectivity index (χ1v) is 10.2. The number of rotatable bonds is 6. The molecule has 0 amide bonds. The lowest BCUT2D eigenvalue weighted by Crippen LogP contribution is -2.54. The SMILES string of the molecule is C[C@@H]1CC(Nc2ccc(Br)c(COC3CCCC3)c2)(C(=O)O)C[C@H](C)O1. The monoisotopic (exact) mass is 425 g/mol. The van der Waals surface area contributed by atoms with Gasteiger partial charge in [-0.05, 0) is 50.5 Å². The molecule has 6 heteroatoms. The molecule has 1 saturated heterocycles. The largest absolute Gasteiger partial charge is 0.480 e. The van der Waals surface area contributed by atoms with Gasteiger partial charge in [0.1, 0.15) is 5.54 Å². The van der Waals surface area contributed by atoms with Gasteiger partial charge in [0.05, 0.1) is 24.9 Å². The lowest BCUT2D eigenvalue weighted by molar-refractivity contribution is -0.151. The Morgan fingerprint density at radius 3 is 2.58 bits per heavy atom. The molecule has 1 unspecified atom stereocenters. The Morgan fingerprint density at radius 1 is 1.31 bits per heavy atom. The highest BCUT2D eigenvalue weighted by atomic mass is 79.9. The van der Waals surface area contributed by atoms with Gasteiger partial charge >= 0.3 is 5.97 Å². The molecule has 5 nitrogen and oxygen atoms in total. The zero-order chi connectivity index (χ0) is 18.7. The topological polar surface area (TPSA) is 67.8 Å². The van der Waals surface area contributed by atoms with E-state index in [4.69, 9.17) is 9.47 Å². The minimum atomic E-state index is -1.01. The summed E-state index contributed by atoms with van der Waals surface area (Å²) in [6.45, 7) is 4.39. The second-order valence-corrected chi connectivity index (χ2v) is 8.56. The van der Waals surface area contributed by atoms with Crippen molar-refractivity contribution in [3.05, 3.63) is 28.2 Å². The van der Waals surface area contributed by atoms with E-state index in [1.54, 1.807) is 0 Å². The fourth-order valence-corrected chi connectivity index (χ4v) is 4.55. The smallest absolute Gasteiger partial charge is 0.329 e. The molecule has 0 spiro atoms. The number of carbonyl (C=O) groups is 1. The highest BCUT2D eigenvalue weighted by molar-refractivity contribution is 9.10. The van der Waals surface area contributed by atoms with Crippen molar-refractivity contribution in [3.63, 3.8) is 0 Å². The molecule has 144 valence electrons. The highest BCUT2D eigenvalue weighted by Crippen LogP contribution is 2.34. The molecule has 3 atom stereocenters. The number of aliphatic carboxylic acids is 1. The molecule has 0 radical (unpaired) electrons. The van der Waals surface area contributed by atoms with Crippen molar-refractivity contribution in [1.29, 1.82) is 0 Å². The van der Waals surface area contributed by atoms with Gasteiger partial charge in [0.15, 0.2) is 0 Å². The van der Waals surface area contributed by atoms with Crippen LogP contribution in [-0.2, 0) is 20.9 Å². The molecule has 0 bridgehead atoms. The first-order chi connectivity index (χ1) is 12.4. The molecular formula is C20H28BrNO4. The maximum Gasteiger partial charge on any atom is 0.329 e. The van der Waals surface area contributed by atoms with Gasteiger partial charge in [-0.2, -0.15) is 0 Å². The lowest BCUT2D eigenvalue weighted by atomic mass is 9.84. The molecule has 1 saturated carbocycles. The van der Waals surface area contributed by atoms with Gasteiger partial charge in [0, 0.05) is 23.0 Å². The standard InChI is InChI=1S/C20H28BrNO4/c1-13-10-20(19(23)24,11-14(2)26-13)22-16-7-8-18(21)15(9-16)12-25-17-5-3-4-6-17/h7-9,13-14,17,22H,3-6,10-12H2,1-2H3,(H,23,24)/t13-,14+,20?. The molecular weight excluding hydrogens is 398 g/mol. The van der Waals surface area contributed by atoms with Gasteiger partial charge in [0.25, 0.3) is 0 Å². The summed E-state index contributed by atoms with van der Waals surface area (Å²) < 4.78 is 12.7. The molecule has 1 aliphatic carbocycles. The van der Waals surface area contributed by atoms with Crippen LogP contribution in [0.1, 0.15) is 57.9 Å². The number of halogens is 1. The van der Waals surface area contributed by atoms with Crippen molar-refractivity contribution in [1.82, 2.24) is 0 Å². The Morgan fingerprint density at radius 2 is 1.96 bits per heavy atom. The van der Waals surface area contributed by atoms with E-state index in [0.29, 0.717) is 25.6 Å². The van der Waals surface area contributed by atoms with E-state index in [1.165, 1.54) is 12.8 Å². The van der Waals surface area contributed by atoms with E-state index >= 15 is 0 Å². The van der Waals surface area contributed by atoms with Crippen molar-refractivity contribution < 1.29 is 19.4 Å². The van der Waals surface area contributed by atoms with Crippen molar-refractivity contribution >= 4 is 27.6 Å². The summed E-state index contributed by atoms with van der Waals surface area (Å²) in [5, 5.41) is 13.2. The van der Waals surface area contributed by atoms with Crippen LogP contribution in [0.4, 0.5) is 5.69 Å². The molecule has 26 heavy (non-hydrogen) atoms. The van der Waals surface area contributed by atoms with Crippen molar-refractivity contribution in [3.8, 4) is 0 Å². The van der Waals surface area contributed by atoms with E-state index in [-0.39, 0.29) is 12.2 Å². The Labute approximate surface area is 163 Å². The Hall–Kier alpha value is -1.11. The van der Waals surface area contributed by atoms with Crippen LogP contribution >= 0.6 is 15.9 Å². The number of benzene rings is 1. The number of hydrogen-bond acceptors (Lipinski definition) is 4. The first-order valence-electron chi connectivity index (χ1n) is 9.45. The second-order valence-electron chi connectivity index (χ2n) is 7.70. The summed E-state index contributed by atoms with van der Waals surface area (Å²) >= 11 is 3.58. The number of carboxylic acids is 1. The summed E-state index contributed by atoms with van der Waals surface area (Å²) in [6.07, 6.45) is 5.79. The van der Waals surface area contributed by atoms with Gasteiger partial charge in [-0.1, -0.05) is 28.8 Å². The molecule has 2 fully saturated rings. The molecule has 1 heterocycles. The van der Waals surface area contributed by atoms with Crippen LogP contribution in [0, 0.1) is 0 Å². The molecule has 2 N–H and O–H groups in total. The fraction of sp³-hybridized carbons (Fsp3) is 0.650. The summed E-state index contributed by atoms with van der Waals surface area (Å²) in [5.41, 5.74) is 0.839. The van der Waals surface area contributed by atoms with Gasteiger partial charge in [-0.15, -0.1) is 0 Å². The first kappa shape index (κ1) is 19.6. The van der Waals surface area contributed by atoms with Crippen molar-refractivity contribution in [2.75, 3.05) is 5.32 Å². The number of hydrogen-bond donors (Lipinski definition) is 2. The summed E-state index contributed by atoms with van der Waals surface area (Å²) in [7, 11) is 0. The Bertz CT molecular complexity index is 635. The fourth-order valence-electron chi connectivity index (χ4n) is 4.19. The van der Waals surface area contributed by atoms with Crippen LogP contribution in [-0.4, -0.2) is 34.9 Å². The number of nitrogens with one attached hydrogen (secondary N) is 1. The second kappa shape index (κ2) is 8.28. The maximum atomic E-state index is 12.1. The van der Waals surface area contributed by atoms with Crippen LogP contribution < -0.4 is 5.32 Å². The van der Waals surface area contributed by atoms with E-state index in [2.05, 4.69) is 21.2 Å². The van der Waals surface area contributed by atoms with E-state index in [1.807, 2.05) is 32.0 Å². The van der Waals surface area contributed by atoms with E-state index < -0.39 is 11.5 Å². The molecule has 3 rings (SSSR count). The Balaban J connectivity index is 1.75. The van der Waals surface area contributed by atoms with Crippen LogP contribution in [0.25, 0.3) is 0 Å². The summed E-state index contributed by atoms with van der Waals surface area (Å²) in [4.78, 5) is 12.1. The number of ether oxygens (including phenoxy) is 2. The lowest BCUT2D eigenvalue weighted by Gasteiger charge is -2.41. The maximum absolute atomic E-state index is 12.1. The third kappa shape index (κ3) is 4.59. The highest BCUT2D eigenvalue weighted by Gasteiger charge is 2.45. The third-order valence-corrected chi connectivity index (χ3v) is 6.13. The molecule has 1 aromatic rings. The third-order valence-electron chi connectivity index (χ3n) is 5.35. The average Bonchev–Trinajstić information content (AvgIpc) is 3.07. The van der Waals surface area contributed by atoms with Gasteiger partial charge in [-0.25, -0.2) is 4.79 Å². The summed E-state index contributed by atoms with van der Waals surface area (Å²) in [6, 6.07) is 5.87. The van der Waals surface area contributed by atoms with Gasteiger partial charge < -0.3 is 19.9 Å².